The summed E-state index contributed by atoms with van der Waals surface area (Å²) in [4.78, 5) is 25.4. The topological polar surface area (TPSA) is 59.3 Å². The third-order valence-electron chi connectivity index (χ3n) is 7.88. The van der Waals surface area contributed by atoms with E-state index in [0.29, 0.717) is 24.5 Å². The van der Waals surface area contributed by atoms with Crippen LogP contribution in [0.5, 0.6) is 5.75 Å². The van der Waals surface area contributed by atoms with E-state index in [0.717, 1.165) is 29.7 Å². The average molecular weight is 586 g/mol. The number of hydrogen-bond acceptors (Lipinski definition) is 3. The number of rotatable bonds is 20. The minimum atomic E-state index is -0.113. The van der Waals surface area contributed by atoms with E-state index in [1.54, 1.807) is 13.0 Å². The van der Waals surface area contributed by atoms with Crippen molar-refractivity contribution in [1.29, 1.82) is 0 Å². The van der Waals surface area contributed by atoms with E-state index < -0.39 is 0 Å². The molecule has 1 amide bonds. The zero-order valence-corrected chi connectivity index (χ0v) is 27.1. The van der Waals surface area contributed by atoms with Crippen LogP contribution >= 0.6 is 0 Å². The number of anilines is 1. The molecule has 5 heteroatoms. The van der Waals surface area contributed by atoms with Crippen LogP contribution in [0.15, 0.2) is 60.9 Å². The second kappa shape index (κ2) is 18.9. The van der Waals surface area contributed by atoms with Gasteiger partial charge < -0.3 is 10.1 Å². The first-order valence-corrected chi connectivity index (χ1v) is 16.5. The summed E-state index contributed by atoms with van der Waals surface area (Å²) in [6.07, 6.45) is 20.0. The van der Waals surface area contributed by atoms with Gasteiger partial charge in [-0.1, -0.05) is 102 Å². The fourth-order valence-corrected chi connectivity index (χ4v) is 5.66. The van der Waals surface area contributed by atoms with Crippen molar-refractivity contribution in [3.05, 3.63) is 88.7 Å². The maximum Gasteiger partial charge on any atom is 0.228 e. The van der Waals surface area contributed by atoms with E-state index in [9.17, 15) is 9.59 Å². The Hall–Kier alpha value is -3.47. The molecule has 2 aromatic carbocycles. The van der Waals surface area contributed by atoms with E-state index in [1.165, 1.54) is 75.3 Å². The first kappa shape index (κ1) is 34.0. The SMILES string of the molecule is CCCCCCCCCCCCCCOc1ccc(CC(=O)Nc2ccccc2C[n+]2cc(C)cc(C)c2)cc1C(C)=O. The summed E-state index contributed by atoms with van der Waals surface area (Å²) in [6.45, 7) is 9.26. The molecule has 232 valence electrons. The van der Waals surface area contributed by atoms with Crippen molar-refractivity contribution in [2.75, 3.05) is 11.9 Å². The van der Waals surface area contributed by atoms with Crippen LogP contribution in [0.1, 0.15) is 124 Å². The zero-order chi connectivity index (χ0) is 30.9. The molecule has 0 bridgehead atoms. The standard InChI is InChI=1S/C38H52N2O3/c1-5-6-7-8-9-10-11-12-13-14-15-18-23-43-37-22-21-33(25-35(37)32(4)41)26-38(42)39-36-20-17-16-19-34(36)29-40-27-30(2)24-31(3)28-40/h16-17,19-22,24-25,27-28H,5-15,18,23,26,29H2,1-4H3/p+1. The quantitative estimate of drug-likeness (QED) is 0.0817. The van der Waals surface area contributed by atoms with E-state index in [1.807, 2.05) is 36.4 Å². The molecule has 1 N–H and O–H groups in total. The lowest BCUT2D eigenvalue weighted by atomic mass is 10.0. The van der Waals surface area contributed by atoms with Crippen molar-refractivity contribution in [3.63, 3.8) is 0 Å². The van der Waals surface area contributed by atoms with Crippen molar-refractivity contribution in [1.82, 2.24) is 0 Å². The highest BCUT2D eigenvalue weighted by molar-refractivity contribution is 5.98. The molecular weight excluding hydrogens is 532 g/mol. The van der Waals surface area contributed by atoms with E-state index in [2.05, 4.69) is 49.1 Å². The van der Waals surface area contributed by atoms with Crippen LogP contribution in [0.4, 0.5) is 5.69 Å². The molecule has 0 saturated heterocycles. The molecule has 0 aliphatic carbocycles. The molecule has 0 unspecified atom stereocenters. The third-order valence-corrected chi connectivity index (χ3v) is 7.88. The predicted molar refractivity (Wildman–Crippen MR) is 177 cm³/mol. The summed E-state index contributed by atoms with van der Waals surface area (Å²) >= 11 is 0. The van der Waals surface area contributed by atoms with Crippen LogP contribution in [0.25, 0.3) is 0 Å². The Kier molecular flexibility index (Phi) is 15.0. The van der Waals surface area contributed by atoms with Crippen LogP contribution in [0, 0.1) is 13.8 Å². The fourth-order valence-electron chi connectivity index (χ4n) is 5.66. The molecule has 0 saturated carbocycles. The van der Waals surface area contributed by atoms with E-state index >= 15 is 0 Å². The van der Waals surface area contributed by atoms with Gasteiger partial charge in [0, 0.05) is 16.7 Å². The first-order chi connectivity index (χ1) is 20.9. The zero-order valence-electron chi connectivity index (χ0n) is 27.1. The number of amides is 1. The van der Waals surface area contributed by atoms with Crippen molar-refractivity contribution in [2.24, 2.45) is 0 Å². The Morgan fingerprint density at radius 3 is 2.00 bits per heavy atom. The number of pyridine rings is 1. The van der Waals surface area contributed by atoms with Gasteiger partial charge in [0.15, 0.2) is 24.7 Å². The highest BCUT2D eigenvalue weighted by atomic mass is 16.5. The average Bonchev–Trinajstić information content (AvgIpc) is 2.96. The number of carbonyl (C=O) groups is 2. The van der Waals surface area contributed by atoms with Crippen LogP contribution in [-0.2, 0) is 17.8 Å². The number of ether oxygens (including phenoxy) is 1. The summed E-state index contributed by atoms with van der Waals surface area (Å²) in [5, 5.41) is 3.08. The van der Waals surface area contributed by atoms with Gasteiger partial charge in [-0.25, -0.2) is 4.57 Å². The highest BCUT2D eigenvalue weighted by Gasteiger charge is 2.15. The van der Waals surface area contributed by atoms with E-state index in [4.69, 9.17) is 4.74 Å². The monoisotopic (exact) mass is 585 g/mol. The molecule has 3 aromatic rings. The van der Waals surface area contributed by atoms with Gasteiger partial charge in [0.2, 0.25) is 5.91 Å². The largest absolute Gasteiger partial charge is 0.493 e. The molecule has 1 aromatic heterocycles. The first-order valence-electron chi connectivity index (χ1n) is 16.5. The summed E-state index contributed by atoms with van der Waals surface area (Å²) in [7, 11) is 0. The maximum absolute atomic E-state index is 13.0. The molecule has 0 aliphatic rings. The second-order valence-corrected chi connectivity index (χ2v) is 12.1. The number of nitrogens with zero attached hydrogens (tertiary/aromatic N) is 1. The number of benzene rings is 2. The summed E-state index contributed by atoms with van der Waals surface area (Å²) in [5.41, 5.74) is 5.57. The number of Topliss-reactive ketones (excluding diaryl/α,β-unsaturated/α-hetero) is 1. The number of unbranched alkanes of at least 4 members (excludes halogenated alkanes) is 11. The molecule has 43 heavy (non-hydrogen) atoms. The van der Waals surface area contributed by atoms with Gasteiger partial charge in [-0.2, -0.15) is 0 Å². The minimum Gasteiger partial charge on any atom is -0.493 e. The van der Waals surface area contributed by atoms with Gasteiger partial charge in [-0.15, -0.1) is 0 Å². The number of nitrogens with one attached hydrogen (secondary N) is 1. The minimum absolute atomic E-state index is 0.0530. The van der Waals surface area contributed by atoms with Crippen molar-refractivity contribution >= 4 is 17.4 Å². The smallest absolute Gasteiger partial charge is 0.228 e. The lowest BCUT2D eigenvalue weighted by molar-refractivity contribution is -0.688. The van der Waals surface area contributed by atoms with E-state index in [-0.39, 0.29) is 18.1 Å². The predicted octanol–water partition coefficient (Wildman–Crippen LogP) is 9.10. The molecule has 0 fully saturated rings. The highest BCUT2D eigenvalue weighted by Crippen LogP contribution is 2.23. The fraction of sp³-hybridized carbons (Fsp3) is 0.500. The molecular formula is C38H53N2O3+. The van der Waals surface area contributed by atoms with Gasteiger partial charge in [0.05, 0.1) is 24.3 Å². The molecule has 3 rings (SSSR count). The summed E-state index contributed by atoms with van der Waals surface area (Å²) < 4.78 is 8.15. The molecule has 0 radical (unpaired) electrons. The number of aryl methyl sites for hydroxylation is 2. The lowest BCUT2D eigenvalue weighted by Crippen LogP contribution is -2.34. The number of para-hydroxylation sites is 1. The normalized spacial score (nSPS) is 11.0. The Balaban J connectivity index is 1.44. The second-order valence-electron chi connectivity index (χ2n) is 12.1. The van der Waals surface area contributed by atoms with Gasteiger partial charge in [0.1, 0.15) is 5.75 Å². The lowest BCUT2D eigenvalue weighted by Gasteiger charge is -2.13. The van der Waals surface area contributed by atoms with Gasteiger partial charge in [0.25, 0.3) is 0 Å². The Morgan fingerprint density at radius 1 is 0.767 bits per heavy atom. The molecule has 5 nitrogen and oxygen atoms in total. The van der Waals surface area contributed by atoms with Gasteiger partial charge >= 0.3 is 0 Å². The van der Waals surface area contributed by atoms with Crippen LogP contribution in [0.3, 0.4) is 0 Å². The number of carbonyl (C=O) groups excluding carboxylic acids is 2. The number of hydrogen-bond donors (Lipinski definition) is 1. The summed E-state index contributed by atoms with van der Waals surface area (Å²) in [5.74, 6) is 0.441. The van der Waals surface area contributed by atoms with Crippen molar-refractivity contribution in [3.8, 4) is 5.75 Å². The van der Waals surface area contributed by atoms with Crippen LogP contribution < -0.4 is 14.6 Å². The third kappa shape index (κ3) is 12.7. The van der Waals surface area contributed by atoms with Crippen LogP contribution in [0.2, 0.25) is 0 Å². The Morgan fingerprint density at radius 2 is 1.37 bits per heavy atom. The van der Waals surface area contributed by atoms with Crippen LogP contribution in [-0.4, -0.2) is 18.3 Å². The molecule has 0 spiro atoms. The Bertz CT molecular complexity index is 1280. The summed E-state index contributed by atoms with van der Waals surface area (Å²) in [6, 6.07) is 15.6. The van der Waals surface area contributed by atoms with Gasteiger partial charge in [-0.05, 0) is 57.0 Å². The van der Waals surface area contributed by atoms with Gasteiger partial charge in [-0.3, -0.25) is 9.59 Å². The molecule has 0 atom stereocenters. The van der Waals surface area contributed by atoms with Crippen molar-refractivity contribution < 1.29 is 18.9 Å². The molecule has 0 aliphatic heterocycles. The number of ketones is 1. The number of aromatic nitrogens is 1. The Labute approximate surface area is 260 Å². The molecule has 1 heterocycles. The van der Waals surface area contributed by atoms with Crippen molar-refractivity contribution in [2.45, 2.75) is 118 Å². The maximum atomic E-state index is 13.0.